The van der Waals surface area contributed by atoms with Crippen LogP contribution in [0.15, 0.2) is 47.3 Å². The molecule has 2 N–H and O–H groups in total. The van der Waals surface area contributed by atoms with E-state index in [0.29, 0.717) is 28.8 Å². The highest BCUT2D eigenvalue weighted by molar-refractivity contribution is 6.33. The Morgan fingerprint density at radius 3 is 2.43 bits per heavy atom. The summed E-state index contributed by atoms with van der Waals surface area (Å²) < 4.78 is 42.2. The van der Waals surface area contributed by atoms with Gasteiger partial charge in [-0.25, -0.2) is 0 Å². The molecule has 2 amide bonds. The van der Waals surface area contributed by atoms with Crippen molar-refractivity contribution in [3.63, 3.8) is 0 Å². The topological polar surface area (TPSA) is 114 Å². The molecule has 6 rings (SSSR count). The molecular weight excluding hydrogens is 599 g/mol. The van der Waals surface area contributed by atoms with Gasteiger partial charge >= 0.3 is 6.18 Å². The third-order valence-electron chi connectivity index (χ3n) is 8.45. The summed E-state index contributed by atoms with van der Waals surface area (Å²) in [5, 5.41) is 10.2. The molecule has 0 atom stereocenters. The third-order valence-corrected chi connectivity index (χ3v) is 8.76. The van der Waals surface area contributed by atoms with E-state index >= 15 is 0 Å². The summed E-state index contributed by atoms with van der Waals surface area (Å²) in [6.45, 7) is 1.24. The first kappa shape index (κ1) is 29.8. The first-order valence-electron chi connectivity index (χ1n) is 14.1. The van der Waals surface area contributed by atoms with E-state index in [-0.39, 0.29) is 45.7 Å². The molecule has 2 aromatic carbocycles. The maximum absolute atomic E-state index is 14.0. The number of fused-ring (bicyclic) bond motifs is 3. The van der Waals surface area contributed by atoms with Crippen molar-refractivity contribution >= 4 is 34.9 Å². The highest BCUT2D eigenvalue weighted by Crippen LogP contribution is 2.43. The zero-order valence-corrected chi connectivity index (χ0v) is 24.7. The summed E-state index contributed by atoms with van der Waals surface area (Å²) in [6, 6.07) is 9.42. The Morgan fingerprint density at radius 2 is 1.80 bits per heavy atom. The number of nitrogens with one attached hydrogen (secondary N) is 2. The maximum Gasteiger partial charge on any atom is 0.416 e. The largest absolute Gasteiger partial charge is 0.416 e. The predicted octanol–water partition coefficient (Wildman–Crippen LogP) is 4.14. The number of piperidine rings is 1. The average molecular weight is 628 g/mol. The molecule has 44 heavy (non-hydrogen) atoms. The lowest BCUT2D eigenvalue weighted by Gasteiger charge is -2.34. The molecule has 2 aromatic heterocycles. The van der Waals surface area contributed by atoms with Gasteiger partial charge in [-0.1, -0.05) is 23.7 Å². The molecule has 10 nitrogen and oxygen atoms in total. The Labute approximate surface area is 254 Å². The average Bonchev–Trinajstić information content (AvgIpc) is 3.59. The van der Waals surface area contributed by atoms with Crippen LogP contribution in [-0.4, -0.2) is 63.1 Å². The quantitative estimate of drug-likeness (QED) is 0.344. The van der Waals surface area contributed by atoms with Gasteiger partial charge in [-0.15, -0.1) is 5.10 Å². The third kappa shape index (κ3) is 5.23. The van der Waals surface area contributed by atoms with Crippen LogP contribution in [-0.2, 0) is 29.4 Å². The van der Waals surface area contributed by atoms with Gasteiger partial charge in [0.2, 0.25) is 11.7 Å². The van der Waals surface area contributed by atoms with Crippen molar-refractivity contribution in [1.29, 1.82) is 0 Å². The first-order chi connectivity index (χ1) is 20.9. The Kier molecular flexibility index (Phi) is 7.49. The van der Waals surface area contributed by atoms with Crippen LogP contribution >= 0.6 is 11.6 Å². The second kappa shape index (κ2) is 11.0. The smallest absolute Gasteiger partial charge is 0.345 e. The number of anilines is 1. The van der Waals surface area contributed by atoms with E-state index < -0.39 is 17.6 Å². The number of nitrogens with zero attached hydrogens (tertiary/aromatic N) is 5. The number of alkyl halides is 3. The molecule has 1 aliphatic heterocycles. The Morgan fingerprint density at radius 1 is 1.09 bits per heavy atom. The predicted molar refractivity (Wildman–Crippen MR) is 158 cm³/mol. The highest BCUT2D eigenvalue weighted by atomic mass is 35.5. The fourth-order valence-corrected chi connectivity index (χ4v) is 6.44. The number of amides is 2. The molecule has 0 saturated carbocycles. The van der Waals surface area contributed by atoms with Crippen LogP contribution in [0, 0.1) is 0 Å². The van der Waals surface area contributed by atoms with E-state index in [2.05, 4.69) is 20.7 Å². The normalized spacial score (nSPS) is 15.9. The van der Waals surface area contributed by atoms with E-state index in [1.54, 1.807) is 42.9 Å². The van der Waals surface area contributed by atoms with Crippen molar-refractivity contribution in [2.24, 2.45) is 0 Å². The Hall–Kier alpha value is -4.23. The molecule has 1 aliphatic carbocycles. The van der Waals surface area contributed by atoms with Crippen LogP contribution in [0.1, 0.15) is 46.4 Å². The lowest BCUT2D eigenvalue weighted by atomic mass is 9.75. The van der Waals surface area contributed by atoms with Gasteiger partial charge in [0.1, 0.15) is 6.54 Å². The number of rotatable bonds is 5. The lowest BCUT2D eigenvalue weighted by molar-refractivity contribution is -0.137. The molecule has 1 spiro atoms. The number of carbonyl (C=O) groups is 2. The van der Waals surface area contributed by atoms with Crippen LogP contribution in [0.25, 0.3) is 17.2 Å². The number of benzene rings is 2. The van der Waals surface area contributed by atoms with Crippen LogP contribution < -0.4 is 16.2 Å². The molecule has 4 aromatic rings. The molecule has 230 valence electrons. The zero-order valence-electron chi connectivity index (χ0n) is 24.0. The summed E-state index contributed by atoms with van der Waals surface area (Å²) in [6.07, 6.45) is -1.76. The molecule has 0 bridgehead atoms. The van der Waals surface area contributed by atoms with E-state index in [4.69, 9.17) is 11.6 Å². The number of aromatic nitrogens is 4. The van der Waals surface area contributed by atoms with E-state index in [1.807, 2.05) is 0 Å². The first-order valence-corrected chi connectivity index (χ1v) is 14.5. The fraction of sp³-hybridized carbons (Fsp3) is 0.367. The second-order valence-electron chi connectivity index (χ2n) is 11.4. The second-order valence-corrected chi connectivity index (χ2v) is 11.8. The molecule has 3 heterocycles. The molecular formula is C30H29ClF3N7O3. The van der Waals surface area contributed by atoms with Crippen molar-refractivity contribution in [3.05, 3.63) is 80.2 Å². The minimum Gasteiger partial charge on any atom is -0.345 e. The number of halogens is 4. The lowest BCUT2D eigenvalue weighted by Crippen LogP contribution is -2.42. The van der Waals surface area contributed by atoms with Gasteiger partial charge in [-0.2, -0.15) is 22.7 Å². The summed E-state index contributed by atoms with van der Waals surface area (Å²) in [4.78, 5) is 45.8. The number of hydrogen-bond donors (Lipinski definition) is 2. The van der Waals surface area contributed by atoms with Gasteiger partial charge < -0.3 is 20.1 Å². The van der Waals surface area contributed by atoms with E-state index in [9.17, 15) is 27.6 Å². The Balaban J connectivity index is 1.41. The maximum atomic E-state index is 14.0. The van der Waals surface area contributed by atoms with Crippen molar-refractivity contribution in [1.82, 2.24) is 29.4 Å². The Bertz CT molecular complexity index is 1840. The van der Waals surface area contributed by atoms with Gasteiger partial charge in [0.25, 0.3) is 11.5 Å². The van der Waals surface area contributed by atoms with Crippen LogP contribution in [0.5, 0.6) is 0 Å². The summed E-state index contributed by atoms with van der Waals surface area (Å²) in [5.41, 5.74) is 0.834. The van der Waals surface area contributed by atoms with Gasteiger partial charge in [0.05, 0.1) is 16.3 Å². The number of carbonyl (C=O) groups excluding carboxylic acids is 2. The van der Waals surface area contributed by atoms with Crippen LogP contribution in [0.3, 0.4) is 0 Å². The molecule has 0 unspecified atom stereocenters. The summed E-state index contributed by atoms with van der Waals surface area (Å²) in [5.74, 6) is -0.311. The van der Waals surface area contributed by atoms with Crippen molar-refractivity contribution < 1.29 is 22.8 Å². The molecule has 2 aliphatic rings. The van der Waals surface area contributed by atoms with Crippen LogP contribution in [0.4, 0.5) is 18.9 Å². The van der Waals surface area contributed by atoms with Gasteiger partial charge in [-0.05, 0) is 69.1 Å². The van der Waals surface area contributed by atoms with Crippen molar-refractivity contribution in [3.8, 4) is 11.4 Å². The molecule has 1 fully saturated rings. The van der Waals surface area contributed by atoms with Crippen molar-refractivity contribution in [2.45, 2.75) is 43.8 Å². The standard InChI is InChI=1S/C30H29ClF3N7O3/c1-39(2)26(43)18-5-3-17(4-6-18)25-37-28-40(16-23(42)36-21-8-7-19(15-20(21)31)30(32,33)34)22-9-10-29(11-13-35-14-12-29)24(22)27(44)41(28)38-25/h3-8,15,35H,9-14,16H2,1-2H3,(H,36,42). The summed E-state index contributed by atoms with van der Waals surface area (Å²) in [7, 11) is 3.31. The molecule has 1 saturated heterocycles. The SMILES string of the molecule is CN(C)C(=O)c1ccc(-c2nc3n(CC(=O)Nc4ccc(C(F)(F)F)cc4Cl)c4c(c(=O)n3n2)C2(CCNCC2)CC4)cc1. The van der Waals surface area contributed by atoms with Gasteiger partial charge in [-0.3, -0.25) is 14.4 Å². The monoisotopic (exact) mass is 627 g/mol. The van der Waals surface area contributed by atoms with Crippen molar-refractivity contribution in [2.75, 3.05) is 32.5 Å². The summed E-state index contributed by atoms with van der Waals surface area (Å²) >= 11 is 6.09. The number of hydrogen-bond acceptors (Lipinski definition) is 6. The van der Waals surface area contributed by atoms with Crippen LogP contribution in [0.2, 0.25) is 5.02 Å². The minimum atomic E-state index is -4.58. The van der Waals surface area contributed by atoms with Gasteiger partial charge in [0.15, 0.2) is 5.82 Å². The minimum absolute atomic E-state index is 0.0303. The van der Waals surface area contributed by atoms with E-state index in [1.165, 1.54) is 9.42 Å². The fourth-order valence-electron chi connectivity index (χ4n) is 6.22. The molecule has 0 radical (unpaired) electrons. The zero-order chi connectivity index (χ0) is 31.4. The highest BCUT2D eigenvalue weighted by Gasteiger charge is 2.44. The molecule has 14 heteroatoms. The van der Waals surface area contributed by atoms with Gasteiger partial charge in [0, 0.05) is 41.9 Å². The van der Waals surface area contributed by atoms with E-state index in [0.717, 1.165) is 50.6 Å².